The number of piperazine rings is 1. The maximum Gasteiger partial charge on any atom is 0.227 e. The molecule has 2 fully saturated rings. The molecule has 0 spiro atoms. The van der Waals surface area contributed by atoms with Gasteiger partial charge in [0.1, 0.15) is 0 Å². The Morgan fingerprint density at radius 2 is 2.00 bits per heavy atom. The fraction of sp³-hybridized carbons (Fsp3) is 0.588. The van der Waals surface area contributed by atoms with Crippen molar-refractivity contribution in [2.24, 2.45) is 0 Å². The number of carbonyl (C=O) groups excluding carboxylic acids is 1. The van der Waals surface area contributed by atoms with Crippen molar-refractivity contribution >= 4 is 18.5 Å². The number of amides is 1. The van der Waals surface area contributed by atoms with Gasteiger partial charge in [0.05, 0.1) is 6.42 Å². The molecule has 21 heavy (non-hydrogen) atoms. The van der Waals surface area contributed by atoms with Gasteiger partial charge in [0.25, 0.3) is 0 Å². The number of piperidine rings is 1. The first-order valence-electron chi connectivity index (χ1n) is 7.95. The zero-order valence-electron chi connectivity index (χ0n) is 12.7. The third kappa shape index (κ3) is 3.43. The molecule has 2 unspecified atom stereocenters. The van der Waals surface area contributed by atoms with Crippen molar-refractivity contribution in [2.45, 2.75) is 49.6 Å². The summed E-state index contributed by atoms with van der Waals surface area (Å²) in [5, 5.41) is 0. The number of hydrogen-bond acceptors (Lipinski definition) is 3. The van der Waals surface area contributed by atoms with Crippen molar-refractivity contribution in [3.8, 4) is 0 Å². The average molecular weight is 304 g/mol. The third-order valence-electron chi connectivity index (χ3n) is 4.80. The highest BCUT2D eigenvalue weighted by molar-refractivity contribution is 7.80. The highest BCUT2D eigenvalue weighted by Crippen LogP contribution is 2.24. The van der Waals surface area contributed by atoms with E-state index in [1.807, 2.05) is 24.3 Å². The van der Waals surface area contributed by atoms with Crippen LogP contribution in [0.3, 0.4) is 0 Å². The van der Waals surface area contributed by atoms with Crippen LogP contribution in [0.2, 0.25) is 0 Å². The summed E-state index contributed by atoms with van der Waals surface area (Å²) in [5.74, 6) is 0.264. The normalized spacial score (nSPS) is 26.5. The summed E-state index contributed by atoms with van der Waals surface area (Å²) in [6.45, 7) is 5.33. The van der Waals surface area contributed by atoms with Crippen LogP contribution in [-0.4, -0.2) is 47.4 Å². The van der Waals surface area contributed by atoms with Gasteiger partial charge in [0.15, 0.2) is 0 Å². The summed E-state index contributed by atoms with van der Waals surface area (Å²) < 4.78 is 0. The molecule has 2 atom stereocenters. The molecule has 2 saturated heterocycles. The van der Waals surface area contributed by atoms with Crippen LogP contribution in [0.1, 0.15) is 31.7 Å². The molecule has 3 nitrogen and oxygen atoms in total. The summed E-state index contributed by atoms with van der Waals surface area (Å²) in [6.07, 6.45) is 4.37. The second kappa shape index (κ2) is 6.41. The smallest absolute Gasteiger partial charge is 0.227 e. The Morgan fingerprint density at radius 3 is 2.76 bits per heavy atom. The quantitative estimate of drug-likeness (QED) is 0.849. The monoisotopic (exact) mass is 304 g/mol. The van der Waals surface area contributed by atoms with Crippen LogP contribution in [0.5, 0.6) is 0 Å². The zero-order chi connectivity index (χ0) is 14.8. The first-order chi connectivity index (χ1) is 10.1. The minimum absolute atomic E-state index is 0.264. The van der Waals surface area contributed by atoms with Gasteiger partial charge in [-0.2, -0.15) is 0 Å². The molecule has 0 aliphatic carbocycles. The van der Waals surface area contributed by atoms with E-state index >= 15 is 0 Å². The molecule has 0 saturated carbocycles. The van der Waals surface area contributed by atoms with Crippen LogP contribution in [0, 0.1) is 0 Å². The number of carbonyl (C=O) groups is 1. The highest BCUT2D eigenvalue weighted by atomic mass is 32.1. The van der Waals surface area contributed by atoms with E-state index in [0.29, 0.717) is 18.5 Å². The van der Waals surface area contributed by atoms with E-state index in [-0.39, 0.29) is 5.91 Å². The first kappa shape index (κ1) is 14.9. The van der Waals surface area contributed by atoms with Gasteiger partial charge in [-0.3, -0.25) is 9.69 Å². The average Bonchev–Trinajstić information content (AvgIpc) is 2.49. The lowest BCUT2D eigenvalue weighted by molar-refractivity contribution is -0.137. The molecule has 2 heterocycles. The number of thiol groups is 1. The SMILES string of the molecule is CC1CN2CCCCC2CN1C(=O)Cc1ccc(S)cc1. The van der Waals surface area contributed by atoms with Gasteiger partial charge >= 0.3 is 0 Å². The van der Waals surface area contributed by atoms with E-state index in [0.717, 1.165) is 23.5 Å². The zero-order valence-corrected chi connectivity index (χ0v) is 13.6. The maximum atomic E-state index is 12.6. The van der Waals surface area contributed by atoms with E-state index in [1.165, 1.54) is 25.8 Å². The molecule has 4 heteroatoms. The highest BCUT2D eigenvalue weighted by Gasteiger charge is 2.34. The molecule has 114 valence electrons. The van der Waals surface area contributed by atoms with Gasteiger partial charge in [-0.1, -0.05) is 18.6 Å². The van der Waals surface area contributed by atoms with Gasteiger partial charge < -0.3 is 4.90 Å². The van der Waals surface area contributed by atoms with E-state index < -0.39 is 0 Å². The fourth-order valence-corrected chi connectivity index (χ4v) is 3.74. The number of nitrogens with zero attached hydrogens (tertiary/aromatic N) is 2. The Balaban J connectivity index is 1.64. The lowest BCUT2D eigenvalue weighted by Gasteiger charge is -2.47. The van der Waals surface area contributed by atoms with E-state index in [1.54, 1.807) is 0 Å². The maximum absolute atomic E-state index is 12.6. The molecule has 2 aliphatic rings. The molecule has 0 N–H and O–H groups in total. The predicted octanol–water partition coefficient (Wildman–Crippen LogP) is 2.60. The lowest BCUT2D eigenvalue weighted by Crippen LogP contribution is -2.60. The Labute approximate surface area is 132 Å². The van der Waals surface area contributed by atoms with Gasteiger partial charge in [-0.15, -0.1) is 12.6 Å². The Kier molecular flexibility index (Phi) is 4.55. The molecular weight excluding hydrogens is 280 g/mol. The summed E-state index contributed by atoms with van der Waals surface area (Å²) in [4.78, 5) is 18.2. The van der Waals surface area contributed by atoms with Gasteiger partial charge in [0, 0.05) is 30.1 Å². The Hall–Kier alpha value is -1.00. The van der Waals surface area contributed by atoms with Gasteiger partial charge in [-0.05, 0) is 44.0 Å². The van der Waals surface area contributed by atoms with Crippen LogP contribution < -0.4 is 0 Å². The molecule has 3 rings (SSSR count). The first-order valence-corrected chi connectivity index (χ1v) is 8.39. The van der Waals surface area contributed by atoms with E-state index in [9.17, 15) is 4.79 Å². The summed E-state index contributed by atoms with van der Waals surface area (Å²) >= 11 is 4.29. The number of fused-ring (bicyclic) bond motifs is 1. The van der Waals surface area contributed by atoms with Crippen LogP contribution in [0.4, 0.5) is 0 Å². The van der Waals surface area contributed by atoms with Crippen molar-refractivity contribution < 1.29 is 4.79 Å². The van der Waals surface area contributed by atoms with Crippen LogP contribution in [0.25, 0.3) is 0 Å². The predicted molar refractivity (Wildman–Crippen MR) is 87.8 cm³/mol. The molecule has 1 aromatic rings. The number of hydrogen-bond donors (Lipinski definition) is 1. The fourth-order valence-electron chi connectivity index (χ4n) is 3.59. The molecule has 0 aromatic heterocycles. The summed E-state index contributed by atoms with van der Waals surface area (Å²) in [6, 6.07) is 8.82. The molecule has 1 amide bonds. The van der Waals surface area contributed by atoms with Crippen LogP contribution in [0.15, 0.2) is 29.2 Å². The van der Waals surface area contributed by atoms with Crippen LogP contribution >= 0.6 is 12.6 Å². The standard InChI is InChI=1S/C17H24N2OS/c1-13-11-18-9-3-2-4-15(18)12-19(13)17(20)10-14-5-7-16(21)8-6-14/h5-8,13,15,21H,2-4,9-12H2,1H3. The topological polar surface area (TPSA) is 23.6 Å². The minimum atomic E-state index is 0.264. The van der Waals surface area contributed by atoms with Crippen molar-refractivity contribution in [2.75, 3.05) is 19.6 Å². The lowest BCUT2D eigenvalue weighted by atomic mass is 9.96. The van der Waals surface area contributed by atoms with E-state index in [4.69, 9.17) is 0 Å². The van der Waals surface area contributed by atoms with Crippen LogP contribution in [-0.2, 0) is 11.2 Å². The van der Waals surface area contributed by atoms with Crippen molar-refractivity contribution in [3.63, 3.8) is 0 Å². The van der Waals surface area contributed by atoms with Gasteiger partial charge in [0.2, 0.25) is 5.91 Å². The molecule has 0 radical (unpaired) electrons. The number of rotatable bonds is 2. The second-order valence-electron chi connectivity index (χ2n) is 6.38. The summed E-state index contributed by atoms with van der Waals surface area (Å²) in [7, 11) is 0. The summed E-state index contributed by atoms with van der Waals surface area (Å²) in [5.41, 5.74) is 1.08. The van der Waals surface area contributed by atoms with Crippen molar-refractivity contribution in [1.29, 1.82) is 0 Å². The Morgan fingerprint density at radius 1 is 1.24 bits per heavy atom. The van der Waals surface area contributed by atoms with Crippen molar-refractivity contribution in [3.05, 3.63) is 29.8 Å². The Bertz CT molecular complexity index is 502. The van der Waals surface area contributed by atoms with Crippen molar-refractivity contribution in [1.82, 2.24) is 9.80 Å². The molecule has 2 aliphatic heterocycles. The molecule has 0 bridgehead atoms. The molecule has 1 aromatic carbocycles. The van der Waals surface area contributed by atoms with E-state index in [2.05, 4.69) is 29.4 Å². The largest absolute Gasteiger partial charge is 0.337 e. The second-order valence-corrected chi connectivity index (χ2v) is 6.90. The molecular formula is C17H24N2OS. The third-order valence-corrected chi connectivity index (χ3v) is 5.10. The van der Waals surface area contributed by atoms with Gasteiger partial charge in [-0.25, -0.2) is 0 Å². The minimum Gasteiger partial charge on any atom is -0.337 e. The number of benzene rings is 1.